The number of nitro benzene ring substituents is 1. The zero-order valence-corrected chi connectivity index (χ0v) is 11.8. The first-order valence-corrected chi connectivity index (χ1v) is 6.26. The molecule has 0 radical (unpaired) electrons. The Bertz CT molecular complexity index is 753. The third kappa shape index (κ3) is 2.92. The summed E-state index contributed by atoms with van der Waals surface area (Å²) in [4.78, 5) is 40.4. The number of aryl methyl sites for hydroxylation is 1. The number of aromatic nitrogens is 2. The standard InChI is InChI=1S/C13H13N5O4/c1-7-5-8(3-4-9(7)18(21)22)17-13(20)11-10(12(19)14-2)15-6-16-11/h3-6H,1-2H3,(H,14,19)(H,15,16)(H,17,20). The van der Waals surface area contributed by atoms with Crippen LogP contribution in [0.2, 0.25) is 0 Å². The summed E-state index contributed by atoms with van der Waals surface area (Å²) in [6, 6.07) is 4.20. The van der Waals surface area contributed by atoms with Crippen molar-refractivity contribution in [1.82, 2.24) is 15.3 Å². The molecular formula is C13H13N5O4. The lowest BCUT2D eigenvalue weighted by atomic mass is 10.2. The molecule has 0 aliphatic heterocycles. The SMILES string of the molecule is CNC(=O)c1nc[nH]c1C(=O)Nc1ccc([N+](=O)[O-])c(C)c1. The predicted octanol–water partition coefficient (Wildman–Crippen LogP) is 1.24. The molecule has 1 aromatic heterocycles. The van der Waals surface area contributed by atoms with Gasteiger partial charge >= 0.3 is 0 Å². The largest absolute Gasteiger partial charge is 0.354 e. The minimum atomic E-state index is -0.565. The number of amides is 2. The van der Waals surface area contributed by atoms with E-state index in [0.29, 0.717) is 11.3 Å². The summed E-state index contributed by atoms with van der Waals surface area (Å²) in [6.45, 7) is 1.57. The maximum absolute atomic E-state index is 12.2. The lowest BCUT2D eigenvalue weighted by Gasteiger charge is -2.06. The summed E-state index contributed by atoms with van der Waals surface area (Å²) in [5, 5.41) is 15.7. The quantitative estimate of drug-likeness (QED) is 0.578. The Morgan fingerprint density at radius 2 is 2.05 bits per heavy atom. The van der Waals surface area contributed by atoms with Gasteiger partial charge in [-0.2, -0.15) is 0 Å². The van der Waals surface area contributed by atoms with Crippen molar-refractivity contribution in [3.05, 3.63) is 51.6 Å². The van der Waals surface area contributed by atoms with Gasteiger partial charge in [0.1, 0.15) is 5.69 Å². The number of carbonyl (C=O) groups is 2. The molecule has 9 heteroatoms. The molecule has 2 aromatic rings. The van der Waals surface area contributed by atoms with E-state index >= 15 is 0 Å². The number of H-pyrrole nitrogens is 1. The van der Waals surface area contributed by atoms with Crippen LogP contribution in [0, 0.1) is 17.0 Å². The first-order chi connectivity index (χ1) is 10.4. The summed E-state index contributed by atoms with van der Waals surface area (Å²) in [6.07, 6.45) is 1.24. The molecule has 0 atom stereocenters. The summed E-state index contributed by atoms with van der Waals surface area (Å²) >= 11 is 0. The summed E-state index contributed by atoms with van der Waals surface area (Å²) in [5.41, 5.74) is 0.740. The number of nitrogens with one attached hydrogen (secondary N) is 3. The fourth-order valence-electron chi connectivity index (χ4n) is 1.89. The van der Waals surface area contributed by atoms with Gasteiger partial charge in [-0.3, -0.25) is 19.7 Å². The predicted molar refractivity (Wildman–Crippen MR) is 77.8 cm³/mol. The molecule has 1 heterocycles. The smallest absolute Gasteiger partial charge is 0.274 e. The van der Waals surface area contributed by atoms with Gasteiger partial charge in [0.05, 0.1) is 11.3 Å². The van der Waals surface area contributed by atoms with E-state index in [4.69, 9.17) is 0 Å². The minimum Gasteiger partial charge on any atom is -0.354 e. The highest BCUT2D eigenvalue weighted by molar-refractivity contribution is 6.10. The van der Waals surface area contributed by atoms with E-state index in [2.05, 4.69) is 20.6 Å². The van der Waals surface area contributed by atoms with Crippen LogP contribution in [0.3, 0.4) is 0 Å². The van der Waals surface area contributed by atoms with Gasteiger partial charge in [-0.05, 0) is 19.1 Å². The second kappa shape index (κ2) is 6.04. The van der Waals surface area contributed by atoms with Gasteiger partial charge in [0.15, 0.2) is 5.69 Å². The van der Waals surface area contributed by atoms with E-state index in [1.165, 1.54) is 31.6 Å². The maximum atomic E-state index is 12.2. The summed E-state index contributed by atoms with van der Waals surface area (Å²) in [5.74, 6) is -1.06. The Morgan fingerprint density at radius 1 is 1.32 bits per heavy atom. The normalized spacial score (nSPS) is 10.1. The van der Waals surface area contributed by atoms with Crippen molar-refractivity contribution >= 4 is 23.2 Å². The fourth-order valence-corrected chi connectivity index (χ4v) is 1.89. The molecule has 0 saturated heterocycles. The molecule has 0 aliphatic carbocycles. The van der Waals surface area contributed by atoms with Gasteiger partial charge in [0.25, 0.3) is 17.5 Å². The number of hydrogen-bond donors (Lipinski definition) is 3. The molecule has 0 bridgehead atoms. The Balaban J connectivity index is 2.23. The number of rotatable bonds is 4. The van der Waals surface area contributed by atoms with Crippen molar-refractivity contribution in [2.24, 2.45) is 0 Å². The van der Waals surface area contributed by atoms with Crippen LogP contribution in [0.5, 0.6) is 0 Å². The molecule has 9 nitrogen and oxygen atoms in total. The van der Waals surface area contributed by atoms with Crippen molar-refractivity contribution in [2.45, 2.75) is 6.92 Å². The molecule has 2 rings (SSSR count). The van der Waals surface area contributed by atoms with E-state index in [-0.39, 0.29) is 17.1 Å². The second-order valence-corrected chi connectivity index (χ2v) is 4.42. The number of anilines is 1. The topological polar surface area (TPSA) is 130 Å². The lowest BCUT2D eigenvalue weighted by Crippen LogP contribution is -2.23. The van der Waals surface area contributed by atoms with Crippen molar-refractivity contribution in [3.8, 4) is 0 Å². The number of nitrogens with zero attached hydrogens (tertiary/aromatic N) is 2. The Kier molecular flexibility index (Phi) is 4.16. The van der Waals surface area contributed by atoms with Crippen LogP contribution in [0.15, 0.2) is 24.5 Å². The van der Waals surface area contributed by atoms with E-state index in [1.54, 1.807) is 6.92 Å². The van der Waals surface area contributed by atoms with E-state index < -0.39 is 16.7 Å². The number of imidazole rings is 1. The van der Waals surface area contributed by atoms with Gasteiger partial charge < -0.3 is 15.6 Å². The molecule has 22 heavy (non-hydrogen) atoms. The van der Waals surface area contributed by atoms with E-state index in [9.17, 15) is 19.7 Å². The van der Waals surface area contributed by atoms with Gasteiger partial charge in [0.2, 0.25) is 0 Å². The summed E-state index contributed by atoms with van der Waals surface area (Å²) < 4.78 is 0. The second-order valence-electron chi connectivity index (χ2n) is 4.42. The minimum absolute atomic E-state index is 0.00959. The van der Waals surface area contributed by atoms with E-state index in [1.807, 2.05) is 0 Å². The number of hydrogen-bond acceptors (Lipinski definition) is 5. The first kappa shape index (κ1) is 15.2. The van der Waals surface area contributed by atoms with Crippen LogP contribution in [0.25, 0.3) is 0 Å². The van der Waals surface area contributed by atoms with Crippen LogP contribution in [0.1, 0.15) is 26.5 Å². The van der Waals surface area contributed by atoms with Crippen LogP contribution in [-0.4, -0.2) is 33.8 Å². The molecule has 0 aliphatic rings. The average Bonchev–Trinajstić information content (AvgIpc) is 2.95. The highest BCUT2D eigenvalue weighted by Crippen LogP contribution is 2.22. The van der Waals surface area contributed by atoms with E-state index in [0.717, 1.165) is 0 Å². The number of aromatic amines is 1. The number of benzene rings is 1. The van der Waals surface area contributed by atoms with Crippen LogP contribution < -0.4 is 10.6 Å². The number of nitro groups is 1. The van der Waals surface area contributed by atoms with Crippen LogP contribution in [-0.2, 0) is 0 Å². The van der Waals surface area contributed by atoms with Crippen LogP contribution in [0.4, 0.5) is 11.4 Å². The fraction of sp³-hybridized carbons (Fsp3) is 0.154. The monoisotopic (exact) mass is 303 g/mol. The molecule has 0 spiro atoms. The van der Waals surface area contributed by atoms with Crippen molar-refractivity contribution in [3.63, 3.8) is 0 Å². The Hall–Kier alpha value is -3.23. The van der Waals surface area contributed by atoms with Crippen molar-refractivity contribution < 1.29 is 14.5 Å². The maximum Gasteiger partial charge on any atom is 0.274 e. The zero-order valence-electron chi connectivity index (χ0n) is 11.8. The summed E-state index contributed by atoms with van der Waals surface area (Å²) in [7, 11) is 1.43. The Morgan fingerprint density at radius 3 is 2.64 bits per heavy atom. The Labute approximate surface area is 124 Å². The molecule has 2 amide bonds. The van der Waals surface area contributed by atoms with Gasteiger partial charge in [-0.15, -0.1) is 0 Å². The number of carbonyl (C=O) groups excluding carboxylic acids is 2. The van der Waals surface area contributed by atoms with Crippen LogP contribution >= 0.6 is 0 Å². The van der Waals surface area contributed by atoms with Gasteiger partial charge in [-0.25, -0.2) is 4.98 Å². The van der Waals surface area contributed by atoms with Crippen molar-refractivity contribution in [1.29, 1.82) is 0 Å². The van der Waals surface area contributed by atoms with Crippen molar-refractivity contribution in [2.75, 3.05) is 12.4 Å². The third-order valence-corrected chi connectivity index (χ3v) is 2.96. The average molecular weight is 303 g/mol. The molecule has 0 saturated carbocycles. The third-order valence-electron chi connectivity index (χ3n) is 2.96. The van der Waals surface area contributed by atoms with Gasteiger partial charge in [-0.1, -0.05) is 0 Å². The van der Waals surface area contributed by atoms with Gasteiger partial charge in [0, 0.05) is 24.4 Å². The first-order valence-electron chi connectivity index (χ1n) is 6.26. The highest BCUT2D eigenvalue weighted by Gasteiger charge is 2.20. The molecule has 0 fully saturated rings. The molecule has 114 valence electrons. The molecule has 0 unspecified atom stereocenters. The highest BCUT2D eigenvalue weighted by atomic mass is 16.6. The molecular weight excluding hydrogens is 290 g/mol. The molecule has 1 aromatic carbocycles. The molecule has 3 N–H and O–H groups in total. The lowest BCUT2D eigenvalue weighted by molar-refractivity contribution is -0.385. The zero-order chi connectivity index (χ0) is 16.3.